The number of hydrogen-bond donors (Lipinski definition) is 1. The molecule has 0 spiro atoms. The number of carbonyl (C=O) groups excluding carboxylic acids is 2. The maximum atomic E-state index is 11.1. The van der Waals surface area contributed by atoms with Gasteiger partial charge in [0.2, 0.25) is 0 Å². The minimum Gasteiger partial charge on any atom is -0.288 e. The van der Waals surface area contributed by atoms with Crippen LogP contribution >= 0.6 is 0 Å². The Balaban J connectivity index is 2.59. The Morgan fingerprint density at radius 1 is 1.33 bits per heavy atom. The van der Waals surface area contributed by atoms with E-state index in [2.05, 4.69) is 11.9 Å². The minimum atomic E-state index is -0.315. The molecule has 0 fully saturated rings. The molecule has 12 heavy (non-hydrogen) atoms. The second-order valence-corrected chi connectivity index (χ2v) is 2.78. The monoisotopic (exact) mass is 161 g/mol. The van der Waals surface area contributed by atoms with Crippen molar-refractivity contribution in [3.05, 3.63) is 35.5 Å². The van der Waals surface area contributed by atoms with E-state index in [4.69, 9.17) is 0 Å². The summed E-state index contributed by atoms with van der Waals surface area (Å²) in [4.78, 5) is 22.2. The SMILES string of the molecule is C=C1CC=CC2=C1C(=O)NC2=O. The lowest BCUT2D eigenvalue weighted by Crippen LogP contribution is -2.22. The predicted octanol–water partition coefficient (Wildman–Crippen LogP) is 0.455. The number of nitrogens with one attached hydrogen (secondary N) is 1. The summed E-state index contributed by atoms with van der Waals surface area (Å²) >= 11 is 0. The maximum Gasteiger partial charge on any atom is 0.259 e. The number of rotatable bonds is 0. The van der Waals surface area contributed by atoms with Crippen LogP contribution in [0.3, 0.4) is 0 Å². The van der Waals surface area contributed by atoms with Crippen LogP contribution in [-0.4, -0.2) is 11.8 Å². The zero-order chi connectivity index (χ0) is 8.72. The lowest BCUT2D eigenvalue weighted by atomic mass is 9.95. The van der Waals surface area contributed by atoms with E-state index in [1.807, 2.05) is 6.08 Å². The van der Waals surface area contributed by atoms with Crippen LogP contribution in [0.4, 0.5) is 0 Å². The largest absolute Gasteiger partial charge is 0.288 e. The van der Waals surface area contributed by atoms with Gasteiger partial charge in [0.05, 0.1) is 11.1 Å². The molecule has 0 atom stereocenters. The number of amides is 2. The van der Waals surface area contributed by atoms with Crippen molar-refractivity contribution in [2.75, 3.05) is 0 Å². The zero-order valence-electron chi connectivity index (χ0n) is 6.39. The van der Waals surface area contributed by atoms with Crippen molar-refractivity contribution in [1.82, 2.24) is 5.32 Å². The van der Waals surface area contributed by atoms with Gasteiger partial charge in [-0.1, -0.05) is 18.7 Å². The van der Waals surface area contributed by atoms with E-state index in [1.54, 1.807) is 6.08 Å². The van der Waals surface area contributed by atoms with Crippen LogP contribution in [0, 0.1) is 0 Å². The topological polar surface area (TPSA) is 46.2 Å². The minimum absolute atomic E-state index is 0.313. The van der Waals surface area contributed by atoms with E-state index in [9.17, 15) is 9.59 Å². The fourth-order valence-electron chi connectivity index (χ4n) is 1.40. The Bertz CT molecular complexity index is 351. The fraction of sp³-hybridized carbons (Fsp3) is 0.111. The van der Waals surface area contributed by atoms with Gasteiger partial charge >= 0.3 is 0 Å². The molecule has 2 amide bonds. The van der Waals surface area contributed by atoms with Crippen molar-refractivity contribution in [1.29, 1.82) is 0 Å². The van der Waals surface area contributed by atoms with Gasteiger partial charge in [0.1, 0.15) is 0 Å². The van der Waals surface area contributed by atoms with Crippen LogP contribution < -0.4 is 5.32 Å². The van der Waals surface area contributed by atoms with Gasteiger partial charge in [-0.25, -0.2) is 0 Å². The second-order valence-electron chi connectivity index (χ2n) is 2.78. The molecule has 0 unspecified atom stereocenters. The molecule has 2 aliphatic rings. The number of imide groups is 1. The molecule has 1 aliphatic heterocycles. The lowest BCUT2D eigenvalue weighted by Gasteiger charge is -2.06. The van der Waals surface area contributed by atoms with E-state index >= 15 is 0 Å². The molecular formula is C9H7NO2. The van der Waals surface area contributed by atoms with Gasteiger partial charge in [0.25, 0.3) is 11.8 Å². The van der Waals surface area contributed by atoms with Gasteiger partial charge in [-0.15, -0.1) is 0 Å². The molecule has 2 rings (SSSR count). The van der Waals surface area contributed by atoms with Gasteiger partial charge in [-0.3, -0.25) is 14.9 Å². The van der Waals surface area contributed by atoms with Gasteiger partial charge in [0, 0.05) is 0 Å². The Hall–Kier alpha value is -1.64. The predicted molar refractivity (Wildman–Crippen MR) is 43.1 cm³/mol. The van der Waals surface area contributed by atoms with Crippen LogP contribution in [0.15, 0.2) is 35.5 Å². The van der Waals surface area contributed by atoms with Gasteiger partial charge in [-0.05, 0) is 12.0 Å². The Kier molecular flexibility index (Phi) is 1.27. The molecule has 0 saturated carbocycles. The van der Waals surface area contributed by atoms with Crippen molar-refractivity contribution in [3.63, 3.8) is 0 Å². The van der Waals surface area contributed by atoms with Crippen LogP contribution in [0.5, 0.6) is 0 Å². The number of carbonyl (C=O) groups is 2. The summed E-state index contributed by atoms with van der Waals surface area (Å²) in [6, 6.07) is 0. The van der Waals surface area contributed by atoms with Gasteiger partial charge in [0.15, 0.2) is 0 Å². The zero-order valence-corrected chi connectivity index (χ0v) is 6.39. The van der Waals surface area contributed by atoms with Gasteiger partial charge < -0.3 is 0 Å². The summed E-state index contributed by atoms with van der Waals surface area (Å²) in [5.74, 6) is -0.628. The molecule has 3 nitrogen and oxygen atoms in total. The van der Waals surface area contributed by atoms with Crippen molar-refractivity contribution >= 4 is 11.8 Å². The molecule has 0 aromatic heterocycles. The molecule has 0 bridgehead atoms. The van der Waals surface area contributed by atoms with E-state index in [1.165, 1.54) is 0 Å². The third kappa shape index (κ3) is 0.763. The van der Waals surface area contributed by atoms with Crippen molar-refractivity contribution in [3.8, 4) is 0 Å². The maximum absolute atomic E-state index is 11.1. The van der Waals surface area contributed by atoms with Gasteiger partial charge in [-0.2, -0.15) is 0 Å². The first kappa shape index (κ1) is 7.03. The molecule has 60 valence electrons. The summed E-state index contributed by atoms with van der Waals surface area (Å²) < 4.78 is 0. The van der Waals surface area contributed by atoms with E-state index in [0.29, 0.717) is 17.6 Å². The molecular weight excluding hydrogens is 154 g/mol. The standard InChI is InChI=1S/C9H7NO2/c1-5-3-2-4-6-7(5)9(12)10-8(6)11/h2,4H,1,3H2,(H,10,11,12). The summed E-state index contributed by atoms with van der Waals surface area (Å²) in [5.41, 5.74) is 1.63. The number of hydrogen-bond acceptors (Lipinski definition) is 2. The molecule has 1 N–H and O–H groups in total. The molecule has 0 saturated heterocycles. The summed E-state index contributed by atoms with van der Waals surface area (Å²) in [6.45, 7) is 3.72. The quantitative estimate of drug-likeness (QED) is 0.524. The highest BCUT2D eigenvalue weighted by atomic mass is 16.2. The average Bonchev–Trinajstić information content (AvgIpc) is 2.29. The first-order valence-corrected chi connectivity index (χ1v) is 3.65. The first-order valence-electron chi connectivity index (χ1n) is 3.65. The highest BCUT2D eigenvalue weighted by molar-refractivity contribution is 6.23. The van der Waals surface area contributed by atoms with Crippen LogP contribution in [0.2, 0.25) is 0 Å². The summed E-state index contributed by atoms with van der Waals surface area (Å²) in [5, 5.41) is 2.23. The van der Waals surface area contributed by atoms with E-state index in [-0.39, 0.29) is 11.8 Å². The molecule has 0 aromatic carbocycles. The summed E-state index contributed by atoms with van der Waals surface area (Å²) in [7, 11) is 0. The molecule has 1 heterocycles. The van der Waals surface area contributed by atoms with Crippen LogP contribution in [0.1, 0.15) is 6.42 Å². The Labute approximate surface area is 69.5 Å². The molecule has 3 heteroatoms. The van der Waals surface area contributed by atoms with Crippen molar-refractivity contribution in [2.45, 2.75) is 6.42 Å². The lowest BCUT2D eigenvalue weighted by molar-refractivity contribution is -0.123. The smallest absolute Gasteiger partial charge is 0.259 e. The third-order valence-corrected chi connectivity index (χ3v) is 1.97. The van der Waals surface area contributed by atoms with Crippen molar-refractivity contribution < 1.29 is 9.59 Å². The van der Waals surface area contributed by atoms with Crippen molar-refractivity contribution in [2.24, 2.45) is 0 Å². The van der Waals surface area contributed by atoms with Crippen LogP contribution in [0.25, 0.3) is 0 Å². The second kappa shape index (κ2) is 2.17. The van der Waals surface area contributed by atoms with E-state index in [0.717, 1.165) is 5.57 Å². The number of allylic oxidation sites excluding steroid dienone is 1. The Morgan fingerprint density at radius 2 is 2.08 bits per heavy atom. The molecule has 1 aliphatic carbocycles. The van der Waals surface area contributed by atoms with E-state index < -0.39 is 0 Å². The highest BCUT2D eigenvalue weighted by Crippen LogP contribution is 2.26. The molecule has 0 radical (unpaired) electrons. The van der Waals surface area contributed by atoms with Crippen LogP contribution in [-0.2, 0) is 9.59 Å². The molecule has 0 aromatic rings. The Morgan fingerprint density at radius 3 is 2.75 bits per heavy atom. The first-order chi connectivity index (χ1) is 5.70. The normalized spacial score (nSPS) is 21.5. The summed E-state index contributed by atoms with van der Waals surface area (Å²) in [6.07, 6.45) is 4.16. The average molecular weight is 161 g/mol. The fourth-order valence-corrected chi connectivity index (χ4v) is 1.40. The third-order valence-electron chi connectivity index (χ3n) is 1.97. The highest BCUT2D eigenvalue weighted by Gasteiger charge is 2.31.